The molecule has 2 rings (SSSR count). The van der Waals surface area contributed by atoms with E-state index in [0.717, 1.165) is 0 Å². The summed E-state index contributed by atoms with van der Waals surface area (Å²) in [6, 6.07) is 11.2. The number of methoxy groups -OCH3 is 2. The monoisotopic (exact) mass is 300 g/mol. The van der Waals surface area contributed by atoms with E-state index in [2.05, 4.69) is 10.1 Å². The van der Waals surface area contributed by atoms with Crippen molar-refractivity contribution >= 4 is 23.3 Å². The Morgan fingerprint density at radius 2 is 1.64 bits per heavy atom. The minimum Gasteiger partial charge on any atom is -0.497 e. The van der Waals surface area contributed by atoms with Gasteiger partial charge in [0.25, 0.3) is 5.91 Å². The maximum Gasteiger partial charge on any atom is 0.337 e. The molecule has 0 fully saturated rings. The first-order valence-corrected chi connectivity index (χ1v) is 6.48. The van der Waals surface area contributed by atoms with E-state index in [9.17, 15) is 9.59 Å². The molecule has 22 heavy (non-hydrogen) atoms. The van der Waals surface area contributed by atoms with Crippen LogP contribution in [0.4, 0.5) is 11.4 Å². The number of anilines is 2. The molecule has 0 saturated heterocycles. The first-order valence-electron chi connectivity index (χ1n) is 6.48. The number of nitrogens with two attached hydrogens (primary N) is 1. The minimum absolute atomic E-state index is 0.282. The zero-order chi connectivity index (χ0) is 16.1. The minimum atomic E-state index is -0.486. The summed E-state index contributed by atoms with van der Waals surface area (Å²) >= 11 is 0. The average molecular weight is 300 g/mol. The third-order valence-electron chi connectivity index (χ3n) is 3.07. The van der Waals surface area contributed by atoms with Crippen LogP contribution in [-0.4, -0.2) is 26.1 Å². The van der Waals surface area contributed by atoms with Crippen LogP contribution in [0.1, 0.15) is 20.7 Å². The molecule has 0 aliphatic rings. The number of hydrogen-bond donors (Lipinski definition) is 2. The molecule has 3 N–H and O–H groups in total. The Balaban J connectivity index is 2.15. The lowest BCUT2D eigenvalue weighted by molar-refractivity contribution is 0.0600. The highest BCUT2D eigenvalue weighted by Gasteiger charge is 2.11. The van der Waals surface area contributed by atoms with E-state index in [4.69, 9.17) is 10.5 Å². The van der Waals surface area contributed by atoms with Gasteiger partial charge in [-0.15, -0.1) is 0 Å². The Kier molecular flexibility index (Phi) is 4.63. The molecule has 0 aromatic heterocycles. The second-order valence-corrected chi connectivity index (χ2v) is 4.48. The highest BCUT2D eigenvalue weighted by atomic mass is 16.5. The topological polar surface area (TPSA) is 90.6 Å². The first kappa shape index (κ1) is 15.4. The molecule has 2 aromatic carbocycles. The lowest BCUT2D eigenvalue weighted by Crippen LogP contribution is -2.13. The van der Waals surface area contributed by atoms with E-state index in [-0.39, 0.29) is 11.6 Å². The fraction of sp³-hybridized carbons (Fsp3) is 0.125. The van der Waals surface area contributed by atoms with Gasteiger partial charge in [0.1, 0.15) is 5.75 Å². The van der Waals surface area contributed by atoms with Gasteiger partial charge in [0, 0.05) is 5.56 Å². The third kappa shape index (κ3) is 3.35. The lowest BCUT2D eigenvalue weighted by atomic mass is 10.1. The van der Waals surface area contributed by atoms with Crippen molar-refractivity contribution in [3.63, 3.8) is 0 Å². The number of carbonyl (C=O) groups is 2. The fourth-order valence-electron chi connectivity index (χ4n) is 1.86. The normalized spacial score (nSPS) is 9.91. The Morgan fingerprint density at radius 1 is 1.00 bits per heavy atom. The van der Waals surface area contributed by atoms with E-state index in [1.807, 2.05) is 0 Å². The Labute approximate surface area is 127 Å². The van der Waals surface area contributed by atoms with E-state index in [1.165, 1.54) is 19.2 Å². The number of amides is 1. The first-order chi connectivity index (χ1) is 10.5. The number of nitrogen functional groups attached to an aromatic ring is 1. The molecule has 0 bridgehead atoms. The largest absolute Gasteiger partial charge is 0.497 e. The molecule has 0 atom stereocenters. The maximum absolute atomic E-state index is 12.1. The summed E-state index contributed by atoms with van der Waals surface area (Å²) in [4.78, 5) is 23.5. The van der Waals surface area contributed by atoms with Crippen LogP contribution in [0.25, 0.3) is 0 Å². The smallest absolute Gasteiger partial charge is 0.337 e. The Hall–Kier alpha value is -3.02. The molecule has 0 heterocycles. The summed E-state index contributed by atoms with van der Waals surface area (Å²) in [6.45, 7) is 0. The number of ether oxygens (including phenoxy) is 2. The zero-order valence-corrected chi connectivity index (χ0v) is 12.3. The van der Waals surface area contributed by atoms with Gasteiger partial charge in [-0.3, -0.25) is 4.79 Å². The summed E-state index contributed by atoms with van der Waals surface area (Å²) in [6.07, 6.45) is 0. The highest BCUT2D eigenvalue weighted by Crippen LogP contribution is 2.21. The van der Waals surface area contributed by atoms with Crippen molar-refractivity contribution in [1.82, 2.24) is 0 Å². The van der Waals surface area contributed by atoms with Gasteiger partial charge in [-0.1, -0.05) is 0 Å². The predicted octanol–water partition coefficient (Wildman–Crippen LogP) is 2.32. The van der Waals surface area contributed by atoms with Crippen LogP contribution in [0.5, 0.6) is 5.75 Å². The number of benzene rings is 2. The van der Waals surface area contributed by atoms with Crippen molar-refractivity contribution in [2.75, 3.05) is 25.3 Å². The lowest BCUT2D eigenvalue weighted by Gasteiger charge is -2.10. The molecule has 6 heteroatoms. The maximum atomic E-state index is 12.1. The van der Waals surface area contributed by atoms with Crippen LogP contribution in [0.15, 0.2) is 42.5 Å². The van der Waals surface area contributed by atoms with Gasteiger partial charge in [-0.25, -0.2) is 4.79 Å². The van der Waals surface area contributed by atoms with Crippen LogP contribution in [0.3, 0.4) is 0 Å². The van der Waals surface area contributed by atoms with E-state index in [1.54, 1.807) is 37.4 Å². The summed E-state index contributed by atoms with van der Waals surface area (Å²) in [5, 5.41) is 2.69. The van der Waals surface area contributed by atoms with Gasteiger partial charge in [-0.2, -0.15) is 0 Å². The summed E-state index contributed by atoms with van der Waals surface area (Å²) in [7, 11) is 2.84. The average Bonchev–Trinajstić information content (AvgIpc) is 2.55. The van der Waals surface area contributed by atoms with Crippen LogP contribution in [0.2, 0.25) is 0 Å². The molecule has 114 valence electrons. The van der Waals surface area contributed by atoms with Gasteiger partial charge >= 0.3 is 5.97 Å². The molecule has 0 unspecified atom stereocenters. The van der Waals surface area contributed by atoms with Crippen molar-refractivity contribution in [2.24, 2.45) is 0 Å². The van der Waals surface area contributed by atoms with Crippen molar-refractivity contribution in [3.05, 3.63) is 53.6 Å². The highest BCUT2D eigenvalue weighted by molar-refractivity contribution is 6.06. The van der Waals surface area contributed by atoms with Crippen molar-refractivity contribution in [2.45, 2.75) is 0 Å². The molecule has 0 aliphatic heterocycles. The number of nitrogens with one attached hydrogen (secondary N) is 1. The predicted molar refractivity (Wildman–Crippen MR) is 83.1 cm³/mol. The van der Waals surface area contributed by atoms with Crippen molar-refractivity contribution in [1.29, 1.82) is 0 Å². The van der Waals surface area contributed by atoms with Crippen LogP contribution < -0.4 is 15.8 Å². The second kappa shape index (κ2) is 6.62. The molecular formula is C16H16N2O4. The van der Waals surface area contributed by atoms with Crippen molar-refractivity contribution < 1.29 is 19.1 Å². The van der Waals surface area contributed by atoms with Crippen LogP contribution in [-0.2, 0) is 4.74 Å². The molecule has 0 aliphatic carbocycles. The Bertz CT molecular complexity index is 696. The standard InChI is InChI=1S/C16H16N2O4/c1-21-12-6-3-10(4-7-12)15(19)18-14-8-5-11(9-13(14)17)16(20)22-2/h3-9H,17H2,1-2H3,(H,18,19). The third-order valence-corrected chi connectivity index (χ3v) is 3.07. The molecule has 1 amide bonds. The number of rotatable bonds is 4. The SMILES string of the molecule is COC(=O)c1ccc(NC(=O)c2ccc(OC)cc2)c(N)c1. The zero-order valence-electron chi connectivity index (χ0n) is 12.3. The molecule has 6 nitrogen and oxygen atoms in total. The molecule has 0 spiro atoms. The molecule has 0 radical (unpaired) electrons. The van der Waals surface area contributed by atoms with Gasteiger partial charge in [0.2, 0.25) is 0 Å². The molecular weight excluding hydrogens is 284 g/mol. The van der Waals surface area contributed by atoms with E-state index < -0.39 is 5.97 Å². The summed E-state index contributed by atoms with van der Waals surface area (Å²) in [5.41, 5.74) is 7.34. The van der Waals surface area contributed by atoms with Gasteiger partial charge < -0.3 is 20.5 Å². The summed E-state index contributed by atoms with van der Waals surface area (Å²) < 4.78 is 9.65. The van der Waals surface area contributed by atoms with Crippen LogP contribution in [0, 0.1) is 0 Å². The van der Waals surface area contributed by atoms with Gasteiger partial charge in [0.15, 0.2) is 0 Å². The second-order valence-electron chi connectivity index (χ2n) is 4.48. The summed E-state index contributed by atoms with van der Waals surface area (Å²) in [5.74, 6) is -0.126. The number of esters is 1. The Morgan fingerprint density at radius 3 is 2.18 bits per heavy atom. The number of carbonyl (C=O) groups excluding carboxylic acids is 2. The van der Waals surface area contributed by atoms with Gasteiger partial charge in [0.05, 0.1) is 31.2 Å². The molecule has 0 saturated carbocycles. The van der Waals surface area contributed by atoms with E-state index >= 15 is 0 Å². The molecule has 2 aromatic rings. The van der Waals surface area contributed by atoms with Crippen LogP contribution >= 0.6 is 0 Å². The van der Waals surface area contributed by atoms with E-state index in [0.29, 0.717) is 22.6 Å². The van der Waals surface area contributed by atoms with Gasteiger partial charge in [-0.05, 0) is 42.5 Å². The van der Waals surface area contributed by atoms with Crippen molar-refractivity contribution in [3.8, 4) is 5.75 Å². The fourth-order valence-corrected chi connectivity index (χ4v) is 1.86. The quantitative estimate of drug-likeness (QED) is 0.668. The number of hydrogen-bond acceptors (Lipinski definition) is 5.